The zero-order chi connectivity index (χ0) is 13.5. The minimum absolute atomic E-state index is 0.305. The second kappa shape index (κ2) is 4.42. The van der Waals surface area contributed by atoms with E-state index in [2.05, 4.69) is 26.2 Å². The van der Waals surface area contributed by atoms with Crippen LogP contribution in [-0.4, -0.2) is 12.0 Å². The fourth-order valence-electron chi connectivity index (χ4n) is 1.77. The van der Waals surface area contributed by atoms with E-state index < -0.39 is 11.9 Å². The quantitative estimate of drug-likeness (QED) is 0.844. The number of fused-ring (bicyclic) bond motifs is 1. The molecule has 0 spiro atoms. The summed E-state index contributed by atoms with van der Waals surface area (Å²) in [4.78, 5) is 3.68. The van der Waals surface area contributed by atoms with E-state index in [9.17, 15) is 13.2 Å². The Kier molecular flexibility index (Phi) is 3.23. The van der Waals surface area contributed by atoms with Gasteiger partial charge in [-0.2, -0.15) is 13.2 Å². The highest BCUT2D eigenvalue weighted by Crippen LogP contribution is 2.35. The van der Waals surface area contributed by atoms with Crippen molar-refractivity contribution in [3.05, 3.63) is 33.9 Å². The lowest BCUT2D eigenvalue weighted by Crippen LogP contribution is -2.09. The molecule has 96 valence electrons. The van der Waals surface area contributed by atoms with Gasteiger partial charge in [-0.1, -0.05) is 0 Å². The number of rotatable bonds is 1. The molecular weight excluding hydrogens is 309 g/mol. The molecule has 0 amide bonds. The van der Waals surface area contributed by atoms with Gasteiger partial charge in [-0.15, -0.1) is 0 Å². The molecule has 0 fully saturated rings. The number of benzene rings is 1. The van der Waals surface area contributed by atoms with Crippen LogP contribution in [0.25, 0.3) is 10.9 Å². The average molecular weight is 319 g/mol. The van der Waals surface area contributed by atoms with Gasteiger partial charge in [-0.25, -0.2) is 4.98 Å². The van der Waals surface area contributed by atoms with Crippen LogP contribution >= 0.6 is 15.9 Å². The van der Waals surface area contributed by atoms with Gasteiger partial charge >= 0.3 is 6.18 Å². The first-order valence-corrected chi connectivity index (χ1v) is 5.98. The summed E-state index contributed by atoms with van der Waals surface area (Å²) in [6.45, 7) is 1.88. The Balaban J connectivity index is 2.84. The SMILES string of the molecule is CNc1cc(C(F)(F)F)nc2c(Br)cc(C)cc12. The summed E-state index contributed by atoms with van der Waals surface area (Å²) >= 11 is 3.25. The van der Waals surface area contributed by atoms with Crippen molar-refractivity contribution in [2.75, 3.05) is 12.4 Å². The molecule has 2 rings (SSSR count). The van der Waals surface area contributed by atoms with E-state index in [1.54, 1.807) is 19.2 Å². The molecule has 0 saturated heterocycles. The first kappa shape index (κ1) is 13.1. The normalized spacial score (nSPS) is 11.9. The van der Waals surface area contributed by atoms with E-state index in [0.717, 1.165) is 11.6 Å². The smallest absolute Gasteiger partial charge is 0.388 e. The summed E-state index contributed by atoms with van der Waals surface area (Å²) in [5, 5.41) is 3.44. The van der Waals surface area contributed by atoms with E-state index in [1.807, 2.05) is 6.92 Å². The second-order valence-corrected chi connectivity index (χ2v) is 4.80. The monoisotopic (exact) mass is 318 g/mol. The Morgan fingerprint density at radius 1 is 1.22 bits per heavy atom. The predicted octanol–water partition coefficient (Wildman–Crippen LogP) is 4.37. The van der Waals surface area contributed by atoms with Crippen molar-refractivity contribution in [1.29, 1.82) is 0 Å². The van der Waals surface area contributed by atoms with Crippen LogP contribution in [0.5, 0.6) is 0 Å². The van der Waals surface area contributed by atoms with Gasteiger partial charge in [0, 0.05) is 22.6 Å². The summed E-state index contributed by atoms with van der Waals surface area (Å²) in [6, 6.07) is 4.57. The van der Waals surface area contributed by atoms with Gasteiger partial charge in [0.2, 0.25) is 0 Å². The highest BCUT2D eigenvalue weighted by Gasteiger charge is 2.33. The maximum Gasteiger partial charge on any atom is 0.433 e. The van der Waals surface area contributed by atoms with E-state index in [1.165, 1.54) is 0 Å². The van der Waals surface area contributed by atoms with Gasteiger partial charge < -0.3 is 5.32 Å². The number of pyridine rings is 1. The molecule has 0 saturated carbocycles. The second-order valence-electron chi connectivity index (χ2n) is 3.95. The number of hydrogen-bond donors (Lipinski definition) is 1. The first-order chi connectivity index (χ1) is 8.32. The third-order valence-corrected chi connectivity index (χ3v) is 3.18. The van der Waals surface area contributed by atoms with Gasteiger partial charge in [-0.05, 0) is 46.6 Å². The number of alkyl halides is 3. The van der Waals surface area contributed by atoms with Crippen LogP contribution in [0.15, 0.2) is 22.7 Å². The van der Waals surface area contributed by atoms with Crippen molar-refractivity contribution in [3.8, 4) is 0 Å². The van der Waals surface area contributed by atoms with Crippen LogP contribution in [0.4, 0.5) is 18.9 Å². The molecule has 6 heteroatoms. The van der Waals surface area contributed by atoms with Gasteiger partial charge in [0.25, 0.3) is 0 Å². The topological polar surface area (TPSA) is 24.9 Å². The van der Waals surface area contributed by atoms with Gasteiger partial charge in [0.05, 0.1) is 5.52 Å². The first-order valence-electron chi connectivity index (χ1n) is 5.19. The summed E-state index contributed by atoms with van der Waals surface area (Å²) in [5.41, 5.74) is 0.771. The molecule has 1 aromatic heterocycles. The average Bonchev–Trinajstić information content (AvgIpc) is 2.26. The van der Waals surface area contributed by atoms with E-state index in [-0.39, 0.29) is 0 Å². The molecular formula is C12H10BrF3N2. The number of anilines is 1. The van der Waals surface area contributed by atoms with Gasteiger partial charge in [0.15, 0.2) is 0 Å². The van der Waals surface area contributed by atoms with Crippen molar-refractivity contribution in [2.24, 2.45) is 0 Å². The van der Waals surface area contributed by atoms with Crippen LogP contribution in [0.2, 0.25) is 0 Å². The Morgan fingerprint density at radius 2 is 1.89 bits per heavy atom. The minimum Gasteiger partial charge on any atom is -0.388 e. The van der Waals surface area contributed by atoms with Crippen LogP contribution in [0, 0.1) is 6.92 Å². The third kappa shape index (κ3) is 2.29. The summed E-state index contributed by atoms with van der Waals surface area (Å²) < 4.78 is 38.8. The Morgan fingerprint density at radius 3 is 2.44 bits per heavy atom. The summed E-state index contributed by atoms with van der Waals surface area (Å²) in [5.74, 6) is 0. The van der Waals surface area contributed by atoms with Crippen LogP contribution < -0.4 is 5.32 Å². The van der Waals surface area contributed by atoms with Crippen molar-refractivity contribution >= 4 is 32.5 Å². The number of nitrogens with zero attached hydrogens (tertiary/aromatic N) is 1. The number of aryl methyl sites for hydroxylation is 1. The van der Waals surface area contributed by atoms with Gasteiger partial charge in [0.1, 0.15) is 5.69 Å². The standard InChI is InChI=1S/C12H10BrF3N2/c1-6-3-7-9(17-2)5-10(12(14,15)16)18-11(7)8(13)4-6/h3-5H,1-2H3,(H,17,18). The molecule has 0 bridgehead atoms. The largest absolute Gasteiger partial charge is 0.433 e. The van der Waals surface area contributed by atoms with Crippen LogP contribution in [-0.2, 0) is 6.18 Å². The molecule has 2 aromatic rings. The predicted molar refractivity (Wildman–Crippen MR) is 68.7 cm³/mol. The summed E-state index contributed by atoms with van der Waals surface area (Å²) in [7, 11) is 1.59. The fourth-order valence-corrected chi connectivity index (χ4v) is 2.44. The molecule has 1 N–H and O–H groups in total. The van der Waals surface area contributed by atoms with Crippen molar-refractivity contribution < 1.29 is 13.2 Å². The number of nitrogens with one attached hydrogen (secondary N) is 1. The number of aromatic nitrogens is 1. The zero-order valence-corrected chi connectivity index (χ0v) is 11.3. The number of hydrogen-bond acceptors (Lipinski definition) is 2. The lowest BCUT2D eigenvalue weighted by atomic mass is 10.1. The molecule has 0 atom stereocenters. The third-order valence-electron chi connectivity index (χ3n) is 2.57. The molecule has 0 aliphatic rings. The number of halogens is 4. The van der Waals surface area contributed by atoms with Crippen molar-refractivity contribution in [1.82, 2.24) is 4.98 Å². The highest BCUT2D eigenvalue weighted by molar-refractivity contribution is 9.10. The molecule has 0 unspecified atom stereocenters. The van der Waals surface area contributed by atoms with Crippen LogP contribution in [0.3, 0.4) is 0 Å². The lowest BCUT2D eigenvalue weighted by molar-refractivity contribution is -0.140. The fraction of sp³-hybridized carbons (Fsp3) is 0.250. The van der Waals surface area contributed by atoms with Crippen molar-refractivity contribution in [3.63, 3.8) is 0 Å². The zero-order valence-electron chi connectivity index (χ0n) is 9.69. The Hall–Kier alpha value is -1.30. The molecule has 1 heterocycles. The van der Waals surface area contributed by atoms with E-state index in [0.29, 0.717) is 21.1 Å². The molecule has 0 aliphatic carbocycles. The molecule has 0 radical (unpaired) electrons. The Labute approximate surface area is 110 Å². The molecule has 18 heavy (non-hydrogen) atoms. The van der Waals surface area contributed by atoms with E-state index >= 15 is 0 Å². The lowest BCUT2D eigenvalue weighted by Gasteiger charge is -2.13. The van der Waals surface area contributed by atoms with Gasteiger partial charge in [-0.3, -0.25) is 0 Å². The molecule has 0 aliphatic heterocycles. The minimum atomic E-state index is -4.45. The Bertz CT molecular complexity index is 608. The molecule has 1 aromatic carbocycles. The summed E-state index contributed by atoms with van der Waals surface area (Å²) in [6.07, 6.45) is -4.45. The van der Waals surface area contributed by atoms with Crippen molar-refractivity contribution in [2.45, 2.75) is 13.1 Å². The maximum absolute atomic E-state index is 12.7. The van der Waals surface area contributed by atoms with Crippen LogP contribution in [0.1, 0.15) is 11.3 Å². The molecule has 2 nitrogen and oxygen atoms in total. The highest BCUT2D eigenvalue weighted by atomic mass is 79.9. The maximum atomic E-state index is 12.7. The van der Waals surface area contributed by atoms with E-state index in [4.69, 9.17) is 0 Å².